The summed E-state index contributed by atoms with van der Waals surface area (Å²) in [6, 6.07) is 6.59. The van der Waals surface area contributed by atoms with Crippen molar-refractivity contribution in [3.8, 4) is 0 Å². The van der Waals surface area contributed by atoms with Gasteiger partial charge in [0.1, 0.15) is 17.8 Å². The van der Waals surface area contributed by atoms with Crippen LogP contribution < -0.4 is 5.32 Å². The van der Waals surface area contributed by atoms with E-state index in [9.17, 15) is 4.79 Å². The number of carbonyl (C=O) groups is 1. The van der Waals surface area contributed by atoms with Crippen LogP contribution in [0.5, 0.6) is 0 Å². The van der Waals surface area contributed by atoms with E-state index >= 15 is 0 Å². The zero-order chi connectivity index (χ0) is 21.7. The third kappa shape index (κ3) is 4.17. The molecule has 3 aliphatic heterocycles. The van der Waals surface area contributed by atoms with Crippen LogP contribution in [-0.4, -0.2) is 54.5 Å². The highest BCUT2D eigenvalue weighted by molar-refractivity contribution is 5.69. The van der Waals surface area contributed by atoms with Crippen LogP contribution >= 0.6 is 0 Å². The predicted octanol–water partition coefficient (Wildman–Crippen LogP) is 4.63. The molecule has 6 heteroatoms. The van der Waals surface area contributed by atoms with E-state index in [2.05, 4.69) is 44.3 Å². The molecule has 3 aliphatic rings. The first kappa shape index (κ1) is 21.4. The van der Waals surface area contributed by atoms with Gasteiger partial charge in [-0.1, -0.05) is 32.9 Å². The fraction of sp³-hybridized carbons (Fsp3) is 0.708. The van der Waals surface area contributed by atoms with Gasteiger partial charge in [0, 0.05) is 17.8 Å². The Bertz CT molecular complexity index is 795. The van der Waals surface area contributed by atoms with Gasteiger partial charge in [0.25, 0.3) is 0 Å². The summed E-state index contributed by atoms with van der Waals surface area (Å²) in [6.45, 7) is 14.3. The molecule has 1 unspecified atom stereocenters. The minimum absolute atomic E-state index is 0.0180. The van der Waals surface area contributed by atoms with Crippen molar-refractivity contribution >= 4 is 11.8 Å². The van der Waals surface area contributed by atoms with Crippen LogP contribution in [0.4, 0.5) is 10.5 Å². The Morgan fingerprint density at radius 1 is 1.13 bits per heavy atom. The molecule has 2 fully saturated rings. The molecular weight excluding hydrogens is 380 g/mol. The Balaban J connectivity index is 1.64. The van der Waals surface area contributed by atoms with E-state index in [-0.39, 0.29) is 35.8 Å². The molecule has 0 radical (unpaired) electrons. The molecule has 6 nitrogen and oxygen atoms in total. The number of likely N-dealkylation sites (tertiary alicyclic amines) is 1. The molecule has 30 heavy (non-hydrogen) atoms. The molecule has 3 heterocycles. The van der Waals surface area contributed by atoms with Gasteiger partial charge < -0.3 is 24.4 Å². The second-order valence-corrected chi connectivity index (χ2v) is 10.7. The number of rotatable bonds is 1. The van der Waals surface area contributed by atoms with Crippen molar-refractivity contribution in [2.75, 3.05) is 25.1 Å². The van der Waals surface area contributed by atoms with Crippen molar-refractivity contribution in [2.24, 2.45) is 0 Å². The molecule has 2 saturated heterocycles. The van der Waals surface area contributed by atoms with Crippen molar-refractivity contribution < 1.29 is 19.0 Å². The van der Waals surface area contributed by atoms with Crippen molar-refractivity contribution in [3.63, 3.8) is 0 Å². The lowest BCUT2D eigenvalue weighted by Crippen LogP contribution is -2.58. The second-order valence-electron chi connectivity index (χ2n) is 10.7. The highest BCUT2D eigenvalue weighted by Gasteiger charge is 2.48. The van der Waals surface area contributed by atoms with E-state index in [1.54, 1.807) is 0 Å². The first-order valence-corrected chi connectivity index (χ1v) is 11.2. The number of anilines is 1. The lowest BCUT2D eigenvalue weighted by atomic mass is 9.81. The Morgan fingerprint density at radius 2 is 1.87 bits per heavy atom. The average molecular weight is 417 g/mol. The molecule has 1 aromatic rings. The number of benzene rings is 1. The number of fused-ring (bicyclic) bond motifs is 3. The smallest absolute Gasteiger partial charge is 0.410 e. The minimum atomic E-state index is -0.507. The number of hydrogen-bond acceptors (Lipinski definition) is 5. The summed E-state index contributed by atoms with van der Waals surface area (Å²) in [5, 5.41) is 3.71. The molecule has 0 aliphatic carbocycles. The third-order valence-electron chi connectivity index (χ3n) is 6.23. The van der Waals surface area contributed by atoms with Gasteiger partial charge in [-0.2, -0.15) is 0 Å². The number of nitrogens with zero attached hydrogens (tertiary/aromatic N) is 1. The summed E-state index contributed by atoms with van der Waals surface area (Å²) in [7, 11) is 0. The number of ether oxygens (including phenoxy) is 3. The van der Waals surface area contributed by atoms with Crippen LogP contribution in [0.25, 0.3) is 0 Å². The normalized spacial score (nSPS) is 29.1. The van der Waals surface area contributed by atoms with Crippen LogP contribution in [0.2, 0.25) is 0 Å². The molecule has 1 N–H and O–H groups in total. The van der Waals surface area contributed by atoms with E-state index in [0.29, 0.717) is 19.8 Å². The summed E-state index contributed by atoms with van der Waals surface area (Å²) in [5.41, 5.74) is 3.08. The number of hydrogen-bond donors (Lipinski definition) is 1. The lowest BCUT2D eigenvalue weighted by molar-refractivity contribution is -0.155. The van der Waals surface area contributed by atoms with E-state index in [1.807, 2.05) is 25.7 Å². The molecule has 166 valence electrons. The molecule has 0 aromatic heterocycles. The molecule has 1 aromatic carbocycles. The SMILES string of the molecule is CC(C)(C)OC(=O)N1CCCC1[C@@H]1Nc2ccc(C(C)(C)C)cc2[C@H]2OCCO[C@H]21. The Hall–Kier alpha value is -1.79. The summed E-state index contributed by atoms with van der Waals surface area (Å²) < 4.78 is 18.2. The molecule has 4 rings (SSSR count). The molecule has 1 amide bonds. The maximum atomic E-state index is 12.9. The lowest BCUT2D eigenvalue weighted by Gasteiger charge is -2.46. The zero-order valence-electron chi connectivity index (χ0n) is 19.2. The van der Waals surface area contributed by atoms with Crippen LogP contribution in [0, 0.1) is 0 Å². The Labute approximate surface area is 180 Å². The predicted molar refractivity (Wildman–Crippen MR) is 117 cm³/mol. The van der Waals surface area contributed by atoms with Crippen LogP contribution in [-0.2, 0) is 19.6 Å². The van der Waals surface area contributed by atoms with Gasteiger partial charge in [-0.3, -0.25) is 0 Å². The summed E-state index contributed by atoms with van der Waals surface area (Å²) in [4.78, 5) is 14.8. The maximum absolute atomic E-state index is 12.9. The van der Waals surface area contributed by atoms with Gasteiger partial charge in [0.05, 0.1) is 25.3 Å². The van der Waals surface area contributed by atoms with Gasteiger partial charge in [0.2, 0.25) is 0 Å². The van der Waals surface area contributed by atoms with Crippen molar-refractivity contribution in [1.29, 1.82) is 0 Å². The molecule has 0 saturated carbocycles. The van der Waals surface area contributed by atoms with E-state index in [4.69, 9.17) is 14.2 Å². The van der Waals surface area contributed by atoms with Gasteiger partial charge in [0.15, 0.2) is 0 Å². The molecular formula is C24H36N2O4. The standard InChI is InChI=1S/C24H36N2O4/c1-23(2,3)15-9-10-17-16(14-15)20-21(29-13-12-28-20)19(25-17)18-8-7-11-26(18)22(27)30-24(4,5)6/h9-10,14,18-21,25H,7-8,11-13H2,1-6H3/t18?,19-,20+,21-/m0/s1. The highest BCUT2D eigenvalue weighted by Crippen LogP contribution is 2.43. The average Bonchev–Trinajstić information content (AvgIpc) is 3.14. The molecule has 4 atom stereocenters. The largest absolute Gasteiger partial charge is 0.444 e. The quantitative estimate of drug-likeness (QED) is 0.723. The van der Waals surface area contributed by atoms with E-state index < -0.39 is 5.60 Å². The fourth-order valence-electron chi connectivity index (χ4n) is 4.79. The summed E-state index contributed by atoms with van der Waals surface area (Å²) in [5.74, 6) is 0. The number of amides is 1. The Kier molecular flexibility index (Phi) is 5.52. The van der Waals surface area contributed by atoms with Gasteiger partial charge >= 0.3 is 6.09 Å². The first-order chi connectivity index (χ1) is 14.0. The number of nitrogens with one attached hydrogen (secondary N) is 1. The second kappa shape index (κ2) is 7.72. The summed E-state index contributed by atoms with van der Waals surface area (Å²) >= 11 is 0. The monoisotopic (exact) mass is 416 g/mol. The van der Waals surface area contributed by atoms with Gasteiger partial charge in [-0.15, -0.1) is 0 Å². The van der Waals surface area contributed by atoms with Crippen LogP contribution in [0.15, 0.2) is 18.2 Å². The van der Waals surface area contributed by atoms with Crippen molar-refractivity contribution in [2.45, 2.75) is 89.7 Å². The third-order valence-corrected chi connectivity index (χ3v) is 6.23. The molecule has 0 spiro atoms. The van der Waals surface area contributed by atoms with E-state index in [1.165, 1.54) is 5.56 Å². The van der Waals surface area contributed by atoms with Crippen LogP contribution in [0.1, 0.15) is 71.6 Å². The maximum Gasteiger partial charge on any atom is 0.410 e. The molecule has 0 bridgehead atoms. The minimum Gasteiger partial charge on any atom is -0.444 e. The fourth-order valence-corrected chi connectivity index (χ4v) is 4.79. The van der Waals surface area contributed by atoms with Crippen molar-refractivity contribution in [3.05, 3.63) is 29.3 Å². The summed E-state index contributed by atoms with van der Waals surface area (Å²) in [6.07, 6.45) is 1.40. The highest BCUT2D eigenvalue weighted by atomic mass is 16.6. The van der Waals surface area contributed by atoms with E-state index in [0.717, 1.165) is 24.1 Å². The van der Waals surface area contributed by atoms with Gasteiger partial charge in [-0.05, 0) is 50.7 Å². The Morgan fingerprint density at radius 3 is 2.57 bits per heavy atom. The first-order valence-electron chi connectivity index (χ1n) is 11.2. The van der Waals surface area contributed by atoms with Gasteiger partial charge in [-0.25, -0.2) is 4.79 Å². The topological polar surface area (TPSA) is 60.0 Å². The zero-order valence-corrected chi connectivity index (χ0v) is 19.2. The van der Waals surface area contributed by atoms with Crippen molar-refractivity contribution in [1.82, 2.24) is 4.90 Å². The number of carbonyl (C=O) groups excluding carboxylic acids is 1. The van der Waals surface area contributed by atoms with Crippen LogP contribution in [0.3, 0.4) is 0 Å².